The van der Waals surface area contributed by atoms with Gasteiger partial charge in [-0.05, 0) is 37.8 Å². The number of aryl methyl sites for hydroxylation is 2. The first kappa shape index (κ1) is 19.2. The smallest absolute Gasteiger partial charge is 0.132 e. The standard InChI is InChI=1S/C22H28ClN5/c1-17-20(22(23)28(25-17)15-18-7-4-3-5-8-18)16-27-11-6-9-19(14-27)13-21-24-10-12-26(21)2/h3-5,7-8,10,12,19H,6,9,11,13-16H2,1-2H3/t19-/m1/s1. The summed E-state index contributed by atoms with van der Waals surface area (Å²) in [6, 6.07) is 10.4. The number of imidazole rings is 1. The van der Waals surface area contributed by atoms with Crippen molar-refractivity contribution < 1.29 is 0 Å². The Morgan fingerprint density at radius 1 is 1.18 bits per heavy atom. The Bertz CT molecular complexity index is 914. The maximum atomic E-state index is 6.73. The molecule has 1 saturated heterocycles. The van der Waals surface area contributed by atoms with Crippen molar-refractivity contribution in [2.75, 3.05) is 13.1 Å². The summed E-state index contributed by atoms with van der Waals surface area (Å²) in [5, 5.41) is 5.48. The second kappa shape index (κ2) is 8.50. The van der Waals surface area contributed by atoms with Gasteiger partial charge in [0.15, 0.2) is 0 Å². The molecule has 28 heavy (non-hydrogen) atoms. The SMILES string of the molecule is Cc1nn(Cc2ccccc2)c(Cl)c1CN1CCC[C@H](Cc2nccn2C)C1. The number of nitrogens with zero attached hydrogens (tertiary/aromatic N) is 5. The van der Waals surface area contributed by atoms with E-state index in [0.717, 1.165) is 42.5 Å². The minimum absolute atomic E-state index is 0.647. The molecule has 2 aromatic heterocycles. The van der Waals surface area contributed by atoms with E-state index in [0.29, 0.717) is 12.5 Å². The largest absolute Gasteiger partial charge is 0.338 e. The second-order valence-electron chi connectivity index (χ2n) is 7.90. The van der Waals surface area contributed by atoms with Crippen LogP contribution in [0.15, 0.2) is 42.7 Å². The van der Waals surface area contributed by atoms with Crippen LogP contribution in [0.3, 0.4) is 0 Å². The summed E-state index contributed by atoms with van der Waals surface area (Å²) < 4.78 is 4.06. The van der Waals surface area contributed by atoms with Gasteiger partial charge in [0, 0.05) is 44.5 Å². The van der Waals surface area contributed by atoms with Gasteiger partial charge in [0.2, 0.25) is 0 Å². The van der Waals surface area contributed by atoms with Crippen LogP contribution in [0.25, 0.3) is 0 Å². The summed E-state index contributed by atoms with van der Waals surface area (Å²) in [6.45, 7) is 5.86. The molecule has 3 aromatic rings. The lowest BCUT2D eigenvalue weighted by Gasteiger charge is -2.32. The van der Waals surface area contributed by atoms with Crippen LogP contribution in [0.2, 0.25) is 5.15 Å². The molecular formula is C22H28ClN5. The molecule has 1 aromatic carbocycles. The number of halogens is 1. The average Bonchev–Trinajstić information content (AvgIpc) is 3.21. The molecule has 1 atom stereocenters. The monoisotopic (exact) mass is 397 g/mol. The Morgan fingerprint density at radius 2 is 2.00 bits per heavy atom. The molecule has 3 heterocycles. The van der Waals surface area contributed by atoms with Gasteiger partial charge in [0.05, 0.1) is 12.2 Å². The fourth-order valence-electron chi connectivity index (χ4n) is 4.17. The van der Waals surface area contributed by atoms with Crippen LogP contribution >= 0.6 is 11.6 Å². The molecule has 0 spiro atoms. The summed E-state index contributed by atoms with van der Waals surface area (Å²) in [7, 11) is 2.08. The van der Waals surface area contributed by atoms with Crippen molar-refractivity contribution in [2.24, 2.45) is 13.0 Å². The Balaban J connectivity index is 1.43. The van der Waals surface area contributed by atoms with Crippen LogP contribution in [0.5, 0.6) is 0 Å². The third kappa shape index (κ3) is 4.31. The van der Waals surface area contributed by atoms with Crippen LogP contribution in [-0.4, -0.2) is 37.3 Å². The summed E-state index contributed by atoms with van der Waals surface area (Å²) in [5.74, 6) is 1.82. The molecule has 0 bridgehead atoms. The van der Waals surface area contributed by atoms with E-state index in [2.05, 4.69) is 52.7 Å². The van der Waals surface area contributed by atoms with Crippen molar-refractivity contribution in [3.05, 3.63) is 70.5 Å². The number of aromatic nitrogens is 4. The van der Waals surface area contributed by atoms with Gasteiger partial charge in [0.25, 0.3) is 0 Å². The normalized spacial score (nSPS) is 17.9. The molecule has 0 amide bonds. The number of likely N-dealkylation sites (tertiary alicyclic amines) is 1. The fourth-order valence-corrected chi connectivity index (χ4v) is 4.46. The van der Waals surface area contributed by atoms with E-state index in [-0.39, 0.29) is 0 Å². The predicted molar refractivity (Wildman–Crippen MR) is 112 cm³/mol. The molecule has 148 valence electrons. The Labute approximate surface area is 171 Å². The van der Waals surface area contributed by atoms with Crippen LogP contribution in [0, 0.1) is 12.8 Å². The minimum Gasteiger partial charge on any atom is -0.338 e. The molecule has 0 radical (unpaired) electrons. The first-order chi connectivity index (χ1) is 13.6. The van der Waals surface area contributed by atoms with Crippen molar-refractivity contribution in [1.29, 1.82) is 0 Å². The van der Waals surface area contributed by atoms with Gasteiger partial charge in [-0.1, -0.05) is 41.9 Å². The topological polar surface area (TPSA) is 38.9 Å². The summed E-state index contributed by atoms with van der Waals surface area (Å²) in [5.41, 5.74) is 3.41. The van der Waals surface area contributed by atoms with E-state index < -0.39 is 0 Å². The maximum absolute atomic E-state index is 6.73. The van der Waals surface area contributed by atoms with Gasteiger partial charge in [-0.25, -0.2) is 9.67 Å². The van der Waals surface area contributed by atoms with Gasteiger partial charge in [-0.2, -0.15) is 5.10 Å². The molecular weight excluding hydrogens is 370 g/mol. The number of hydrogen-bond acceptors (Lipinski definition) is 3. The van der Waals surface area contributed by atoms with E-state index in [1.165, 1.54) is 24.2 Å². The van der Waals surface area contributed by atoms with E-state index in [1.807, 2.05) is 23.1 Å². The summed E-state index contributed by atoms with van der Waals surface area (Å²) in [6.07, 6.45) is 7.45. The third-order valence-corrected chi connectivity index (χ3v) is 6.16. The van der Waals surface area contributed by atoms with Gasteiger partial charge in [-0.3, -0.25) is 4.90 Å². The van der Waals surface area contributed by atoms with Crippen LogP contribution in [0.1, 0.15) is 35.5 Å². The van der Waals surface area contributed by atoms with E-state index in [4.69, 9.17) is 16.7 Å². The van der Waals surface area contributed by atoms with Crippen LogP contribution < -0.4 is 0 Å². The fraction of sp³-hybridized carbons (Fsp3) is 0.455. The highest BCUT2D eigenvalue weighted by atomic mass is 35.5. The Hall–Kier alpha value is -2.11. The lowest BCUT2D eigenvalue weighted by molar-refractivity contribution is 0.165. The van der Waals surface area contributed by atoms with Crippen molar-refractivity contribution in [3.63, 3.8) is 0 Å². The highest BCUT2D eigenvalue weighted by molar-refractivity contribution is 6.30. The molecule has 0 N–H and O–H groups in total. The zero-order valence-electron chi connectivity index (χ0n) is 16.7. The number of benzene rings is 1. The second-order valence-corrected chi connectivity index (χ2v) is 8.26. The maximum Gasteiger partial charge on any atom is 0.132 e. The van der Waals surface area contributed by atoms with Crippen LogP contribution in [-0.2, 0) is 26.6 Å². The zero-order chi connectivity index (χ0) is 19.5. The molecule has 0 aliphatic carbocycles. The quantitative estimate of drug-likeness (QED) is 0.629. The summed E-state index contributed by atoms with van der Waals surface area (Å²) >= 11 is 6.73. The van der Waals surface area contributed by atoms with Gasteiger partial charge in [-0.15, -0.1) is 0 Å². The van der Waals surface area contributed by atoms with Crippen molar-refractivity contribution in [2.45, 2.75) is 39.3 Å². The number of piperidine rings is 1. The van der Waals surface area contributed by atoms with Crippen molar-refractivity contribution in [3.8, 4) is 0 Å². The summed E-state index contributed by atoms with van der Waals surface area (Å²) in [4.78, 5) is 7.03. The highest BCUT2D eigenvalue weighted by Gasteiger charge is 2.24. The Kier molecular flexibility index (Phi) is 5.83. The molecule has 1 aliphatic heterocycles. The molecule has 0 saturated carbocycles. The minimum atomic E-state index is 0.647. The first-order valence-corrected chi connectivity index (χ1v) is 10.4. The molecule has 1 fully saturated rings. The van der Waals surface area contributed by atoms with Gasteiger partial charge in [0.1, 0.15) is 11.0 Å². The number of hydrogen-bond donors (Lipinski definition) is 0. The molecule has 1 aliphatic rings. The van der Waals surface area contributed by atoms with Crippen LogP contribution in [0.4, 0.5) is 0 Å². The Morgan fingerprint density at radius 3 is 2.75 bits per heavy atom. The number of rotatable bonds is 6. The molecule has 5 nitrogen and oxygen atoms in total. The predicted octanol–water partition coefficient (Wildman–Crippen LogP) is 4.08. The third-order valence-electron chi connectivity index (χ3n) is 5.74. The van der Waals surface area contributed by atoms with E-state index in [1.54, 1.807) is 0 Å². The lowest BCUT2D eigenvalue weighted by Crippen LogP contribution is -2.36. The zero-order valence-corrected chi connectivity index (χ0v) is 17.4. The lowest BCUT2D eigenvalue weighted by atomic mass is 9.94. The molecule has 0 unspecified atom stereocenters. The van der Waals surface area contributed by atoms with Crippen molar-refractivity contribution in [1.82, 2.24) is 24.2 Å². The molecule has 6 heteroatoms. The highest BCUT2D eigenvalue weighted by Crippen LogP contribution is 2.26. The van der Waals surface area contributed by atoms with Crippen molar-refractivity contribution >= 4 is 11.6 Å². The van der Waals surface area contributed by atoms with Gasteiger partial charge < -0.3 is 4.57 Å². The molecule has 4 rings (SSSR count). The van der Waals surface area contributed by atoms with E-state index >= 15 is 0 Å². The average molecular weight is 398 g/mol. The van der Waals surface area contributed by atoms with E-state index in [9.17, 15) is 0 Å². The van der Waals surface area contributed by atoms with Gasteiger partial charge >= 0.3 is 0 Å². The first-order valence-electron chi connectivity index (χ1n) is 10.0.